The molecule has 0 amide bonds. The zero-order valence-corrected chi connectivity index (χ0v) is 13.8. The molecular formula is C17H21IO2. The molecule has 1 aromatic carbocycles. The number of ether oxygens (including phenoxy) is 1. The van der Waals surface area contributed by atoms with Crippen molar-refractivity contribution in [2.24, 2.45) is 5.92 Å². The number of hydrogen-bond donors (Lipinski definition) is 0. The van der Waals surface area contributed by atoms with Crippen LogP contribution in [0.25, 0.3) is 6.08 Å². The van der Waals surface area contributed by atoms with E-state index in [9.17, 15) is 4.79 Å². The van der Waals surface area contributed by atoms with Crippen LogP contribution in [0.3, 0.4) is 0 Å². The monoisotopic (exact) mass is 384 g/mol. The summed E-state index contributed by atoms with van der Waals surface area (Å²) in [5.74, 6) is 1.49. The van der Waals surface area contributed by atoms with Crippen LogP contribution >= 0.6 is 22.6 Å². The van der Waals surface area contributed by atoms with Crippen molar-refractivity contribution in [3.8, 4) is 5.75 Å². The van der Waals surface area contributed by atoms with Crippen LogP contribution in [0.1, 0.15) is 48.0 Å². The summed E-state index contributed by atoms with van der Waals surface area (Å²) in [6.07, 6.45) is 11.6. The SMILES string of the molecule is O=Cc1cc(/C=C/CI)cc(OCC2CCCCC2)c1. The van der Waals surface area contributed by atoms with Crippen molar-refractivity contribution < 1.29 is 9.53 Å². The molecule has 1 aliphatic carbocycles. The maximum absolute atomic E-state index is 11.0. The Bertz CT molecular complexity index is 462. The van der Waals surface area contributed by atoms with Gasteiger partial charge < -0.3 is 4.74 Å². The number of allylic oxidation sites excluding steroid dienone is 1. The van der Waals surface area contributed by atoms with E-state index in [4.69, 9.17) is 4.74 Å². The molecular weight excluding hydrogens is 363 g/mol. The molecule has 3 heteroatoms. The minimum absolute atomic E-state index is 0.678. The van der Waals surface area contributed by atoms with Crippen LogP contribution in [0.15, 0.2) is 24.3 Å². The van der Waals surface area contributed by atoms with E-state index in [0.717, 1.165) is 28.6 Å². The Morgan fingerprint density at radius 3 is 2.60 bits per heavy atom. The smallest absolute Gasteiger partial charge is 0.150 e. The number of aldehydes is 1. The second-order valence-corrected chi connectivity index (χ2v) is 6.21. The van der Waals surface area contributed by atoms with E-state index < -0.39 is 0 Å². The molecule has 1 saturated carbocycles. The average molecular weight is 384 g/mol. The predicted molar refractivity (Wildman–Crippen MR) is 91.8 cm³/mol. The second-order valence-electron chi connectivity index (χ2n) is 5.32. The van der Waals surface area contributed by atoms with E-state index in [1.165, 1.54) is 32.1 Å². The van der Waals surface area contributed by atoms with Gasteiger partial charge in [0.05, 0.1) is 6.61 Å². The van der Waals surface area contributed by atoms with Crippen LogP contribution in [-0.2, 0) is 0 Å². The van der Waals surface area contributed by atoms with Gasteiger partial charge in [0, 0.05) is 9.99 Å². The normalized spacial score (nSPS) is 16.4. The van der Waals surface area contributed by atoms with Crippen LogP contribution in [-0.4, -0.2) is 17.3 Å². The standard InChI is InChI=1S/C17H21IO2/c18-8-4-7-15-9-16(12-19)11-17(10-15)20-13-14-5-2-1-3-6-14/h4,7,9-12,14H,1-3,5-6,8,13H2/b7-4+. The molecule has 1 aliphatic rings. The Labute approximate surface area is 134 Å². The van der Waals surface area contributed by atoms with Gasteiger partial charge in [-0.3, -0.25) is 4.79 Å². The zero-order chi connectivity index (χ0) is 14.2. The van der Waals surface area contributed by atoms with Gasteiger partial charge in [0.1, 0.15) is 12.0 Å². The number of benzene rings is 1. The van der Waals surface area contributed by atoms with Crippen molar-refractivity contribution in [1.29, 1.82) is 0 Å². The lowest BCUT2D eigenvalue weighted by Crippen LogP contribution is -2.15. The van der Waals surface area contributed by atoms with Gasteiger partial charge in [-0.2, -0.15) is 0 Å². The third-order valence-corrected chi connectivity index (χ3v) is 4.21. The Balaban J connectivity index is 2.01. The summed E-state index contributed by atoms with van der Waals surface area (Å²) >= 11 is 2.30. The number of carbonyl (C=O) groups is 1. The van der Waals surface area contributed by atoms with Crippen molar-refractivity contribution in [2.75, 3.05) is 11.0 Å². The highest BCUT2D eigenvalue weighted by Gasteiger charge is 2.14. The van der Waals surface area contributed by atoms with Crippen molar-refractivity contribution in [1.82, 2.24) is 0 Å². The van der Waals surface area contributed by atoms with Crippen molar-refractivity contribution in [3.05, 3.63) is 35.4 Å². The molecule has 0 bridgehead atoms. The molecule has 20 heavy (non-hydrogen) atoms. The van der Waals surface area contributed by atoms with E-state index in [-0.39, 0.29) is 0 Å². The molecule has 108 valence electrons. The minimum Gasteiger partial charge on any atom is -0.493 e. The van der Waals surface area contributed by atoms with Crippen molar-refractivity contribution in [2.45, 2.75) is 32.1 Å². The molecule has 1 aromatic rings. The highest BCUT2D eigenvalue weighted by Crippen LogP contribution is 2.25. The summed E-state index contributed by atoms with van der Waals surface area (Å²) in [6, 6.07) is 5.74. The van der Waals surface area contributed by atoms with Gasteiger partial charge in [-0.15, -0.1) is 0 Å². The lowest BCUT2D eigenvalue weighted by atomic mass is 9.90. The first-order chi connectivity index (χ1) is 9.81. The first-order valence-corrected chi connectivity index (χ1v) is 8.80. The van der Waals surface area contributed by atoms with Gasteiger partial charge in [-0.05, 0) is 42.5 Å². The Morgan fingerprint density at radius 1 is 1.15 bits per heavy atom. The second kappa shape index (κ2) is 8.45. The molecule has 0 spiro atoms. The van der Waals surface area contributed by atoms with Gasteiger partial charge in [0.25, 0.3) is 0 Å². The molecule has 1 fully saturated rings. The number of halogens is 1. The molecule has 0 heterocycles. The summed E-state index contributed by atoms with van der Waals surface area (Å²) in [4.78, 5) is 11.0. The number of hydrogen-bond acceptors (Lipinski definition) is 2. The molecule has 0 N–H and O–H groups in total. The van der Waals surface area contributed by atoms with E-state index >= 15 is 0 Å². The third kappa shape index (κ3) is 4.93. The Hall–Kier alpha value is -0.840. The van der Waals surface area contributed by atoms with E-state index in [1.54, 1.807) is 0 Å². The molecule has 0 unspecified atom stereocenters. The van der Waals surface area contributed by atoms with Crippen molar-refractivity contribution in [3.63, 3.8) is 0 Å². The van der Waals surface area contributed by atoms with Gasteiger partial charge in [-0.25, -0.2) is 0 Å². The highest BCUT2D eigenvalue weighted by molar-refractivity contribution is 14.1. The van der Waals surface area contributed by atoms with Gasteiger partial charge >= 0.3 is 0 Å². The average Bonchev–Trinajstić information content (AvgIpc) is 2.51. The highest BCUT2D eigenvalue weighted by atomic mass is 127. The van der Waals surface area contributed by atoms with E-state index in [2.05, 4.69) is 28.7 Å². The fourth-order valence-corrected chi connectivity index (χ4v) is 2.90. The maximum Gasteiger partial charge on any atom is 0.150 e. The fraction of sp³-hybridized carbons (Fsp3) is 0.471. The summed E-state index contributed by atoms with van der Waals surface area (Å²) in [7, 11) is 0. The topological polar surface area (TPSA) is 26.3 Å². The zero-order valence-electron chi connectivity index (χ0n) is 11.7. The summed E-state index contributed by atoms with van der Waals surface area (Å²) in [5, 5.41) is 0. The third-order valence-electron chi connectivity index (χ3n) is 3.70. The van der Waals surface area contributed by atoms with E-state index in [1.807, 2.05) is 24.3 Å². The minimum atomic E-state index is 0.678. The molecule has 0 aromatic heterocycles. The van der Waals surface area contributed by atoms with Crippen LogP contribution < -0.4 is 4.74 Å². The number of carbonyl (C=O) groups excluding carboxylic acids is 1. The molecule has 0 saturated heterocycles. The Kier molecular flexibility index (Phi) is 6.57. The quantitative estimate of drug-likeness (QED) is 0.396. The summed E-state index contributed by atoms with van der Waals surface area (Å²) in [5.41, 5.74) is 1.71. The molecule has 0 aliphatic heterocycles. The molecule has 0 radical (unpaired) electrons. The van der Waals surface area contributed by atoms with Crippen LogP contribution in [0.5, 0.6) is 5.75 Å². The predicted octanol–water partition coefficient (Wildman–Crippen LogP) is 4.91. The molecule has 2 nitrogen and oxygen atoms in total. The van der Waals surface area contributed by atoms with Crippen LogP contribution in [0, 0.1) is 5.92 Å². The largest absolute Gasteiger partial charge is 0.493 e. The van der Waals surface area contributed by atoms with Gasteiger partial charge in [-0.1, -0.05) is 54.0 Å². The van der Waals surface area contributed by atoms with Gasteiger partial charge in [0.15, 0.2) is 0 Å². The summed E-state index contributed by atoms with van der Waals surface area (Å²) < 4.78 is 6.87. The molecule has 0 atom stereocenters. The molecule has 2 rings (SSSR count). The number of rotatable bonds is 6. The van der Waals surface area contributed by atoms with E-state index in [0.29, 0.717) is 11.5 Å². The van der Waals surface area contributed by atoms with Crippen molar-refractivity contribution >= 4 is 35.0 Å². The first-order valence-electron chi connectivity index (χ1n) is 7.27. The van der Waals surface area contributed by atoms with Gasteiger partial charge in [0.2, 0.25) is 0 Å². The number of alkyl halides is 1. The van der Waals surface area contributed by atoms with Crippen LogP contribution in [0.2, 0.25) is 0 Å². The lowest BCUT2D eigenvalue weighted by molar-refractivity contribution is 0.112. The lowest BCUT2D eigenvalue weighted by Gasteiger charge is -2.21. The summed E-state index contributed by atoms with van der Waals surface area (Å²) in [6.45, 7) is 0.776. The Morgan fingerprint density at radius 2 is 1.90 bits per heavy atom. The first kappa shape index (κ1) is 15.5. The maximum atomic E-state index is 11.0. The fourth-order valence-electron chi connectivity index (χ4n) is 2.64. The van der Waals surface area contributed by atoms with Crippen LogP contribution in [0.4, 0.5) is 0 Å².